The van der Waals surface area contributed by atoms with Gasteiger partial charge in [-0.15, -0.1) is 0 Å². The van der Waals surface area contributed by atoms with Crippen LogP contribution in [0.15, 0.2) is 46.5 Å². The van der Waals surface area contributed by atoms with Crippen molar-refractivity contribution < 1.29 is 17.5 Å². The zero-order valence-electron chi connectivity index (χ0n) is 18.7. The first-order valence-electron chi connectivity index (χ1n) is 11.4. The summed E-state index contributed by atoms with van der Waals surface area (Å²) in [7, 11) is -3.51. The number of thioether (sulfide) groups is 1. The number of fused-ring (bicyclic) bond motifs is 1. The lowest BCUT2D eigenvalue weighted by atomic mass is 10.1. The normalized spacial score (nSPS) is 19.6. The Hall–Kier alpha value is -1.94. The van der Waals surface area contributed by atoms with Crippen molar-refractivity contribution in [2.24, 2.45) is 0 Å². The number of rotatable bonds is 7. The minimum atomic E-state index is -3.51. The van der Waals surface area contributed by atoms with Crippen LogP contribution in [-0.4, -0.2) is 48.1 Å². The standard InChI is InChI=1S/C24H28FN3O3S2/c1-17-6-7-19(25)13-18(17)16-32-24-26-22-14-21(33(29,30)27-10-2-3-11-27)8-9-23(22)28(24)15-20-5-4-12-31-20/h6-9,13-14,20H,2-5,10-12,15-16H2,1H3. The summed E-state index contributed by atoms with van der Waals surface area (Å²) in [6, 6.07) is 10.1. The second-order valence-electron chi connectivity index (χ2n) is 8.76. The van der Waals surface area contributed by atoms with Gasteiger partial charge in [0.25, 0.3) is 0 Å². The molecule has 2 fully saturated rings. The maximum absolute atomic E-state index is 13.8. The topological polar surface area (TPSA) is 64.4 Å². The summed E-state index contributed by atoms with van der Waals surface area (Å²) in [5, 5.41) is 0.792. The van der Waals surface area contributed by atoms with Crippen molar-refractivity contribution in [3.05, 3.63) is 53.3 Å². The number of nitrogens with zero attached hydrogens (tertiary/aromatic N) is 3. The van der Waals surface area contributed by atoms with Gasteiger partial charge in [0.15, 0.2) is 5.16 Å². The van der Waals surface area contributed by atoms with Gasteiger partial charge in [-0.25, -0.2) is 17.8 Å². The van der Waals surface area contributed by atoms with Crippen LogP contribution in [0.25, 0.3) is 11.0 Å². The first kappa shape index (κ1) is 22.8. The lowest BCUT2D eigenvalue weighted by molar-refractivity contribution is 0.0960. The third-order valence-electron chi connectivity index (χ3n) is 6.47. The summed E-state index contributed by atoms with van der Waals surface area (Å²) in [5.74, 6) is 0.331. The minimum Gasteiger partial charge on any atom is -0.376 e. The van der Waals surface area contributed by atoms with Crippen molar-refractivity contribution in [3.63, 3.8) is 0 Å². The van der Waals surface area contributed by atoms with E-state index >= 15 is 0 Å². The summed E-state index contributed by atoms with van der Waals surface area (Å²) in [6.45, 7) is 4.55. The van der Waals surface area contributed by atoms with Crippen molar-refractivity contribution in [3.8, 4) is 0 Å². The van der Waals surface area contributed by atoms with Gasteiger partial charge in [-0.1, -0.05) is 17.8 Å². The van der Waals surface area contributed by atoms with E-state index in [1.807, 2.05) is 13.0 Å². The Bertz CT molecular complexity index is 1260. The third-order valence-corrected chi connectivity index (χ3v) is 9.39. The van der Waals surface area contributed by atoms with Gasteiger partial charge in [-0.2, -0.15) is 4.31 Å². The molecule has 5 rings (SSSR count). The number of imidazole rings is 1. The van der Waals surface area contributed by atoms with Gasteiger partial charge in [0, 0.05) is 25.4 Å². The molecule has 0 aliphatic carbocycles. The Morgan fingerprint density at radius 1 is 1.15 bits per heavy atom. The van der Waals surface area contributed by atoms with E-state index < -0.39 is 10.0 Å². The Morgan fingerprint density at radius 2 is 1.97 bits per heavy atom. The summed E-state index contributed by atoms with van der Waals surface area (Å²) < 4.78 is 49.4. The zero-order chi connectivity index (χ0) is 23.0. The van der Waals surface area contributed by atoms with Crippen LogP contribution in [0.4, 0.5) is 4.39 Å². The predicted molar refractivity (Wildman–Crippen MR) is 127 cm³/mol. The number of sulfonamides is 1. The molecular weight excluding hydrogens is 461 g/mol. The van der Waals surface area contributed by atoms with Crippen LogP contribution in [0.2, 0.25) is 0 Å². The lowest BCUT2D eigenvalue weighted by Gasteiger charge is -2.16. The van der Waals surface area contributed by atoms with Crippen LogP contribution in [0.3, 0.4) is 0 Å². The summed E-state index contributed by atoms with van der Waals surface area (Å²) in [4.78, 5) is 5.10. The van der Waals surface area contributed by atoms with E-state index in [2.05, 4.69) is 4.57 Å². The van der Waals surface area contributed by atoms with Crippen molar-refractivity contribution >= 4 is 32.8 Å². The minimum absolute atomic E-state index is 0.116. The van der Waals surface area contributed by atoms with Crippen molar-refractivity contribution in [2.75, 3.05) is 19.7 Å². The molecule has 0 radical (unpaired) electrons. The van der Waals surface area contributed by atoms with E-state index in [1.54, 1.807) is 40.3 Å². The van der Waals surface area contributed by atoms with Crippen molar-refractivity contribution in [2.45, 2.75) is 61.1 Å². The third kappa shape index (κ3) is 4.69. The lowest BCUT2D eigenvalue weighted by Crippen LogP contribution is -2.27. The average molecular weight is 490 g/mol. The second-order valence-corrected chi connectivity index (χ2v) is 11.6. The number of hydrogen-bond acceptors (Lipinski definition) is 5. The summed E-state index contributed by atoms with van der Waals surface area (Å²) in [5.41, 5.74) is 3.51. The van der Waals surface area contributed by atoms with Crippen LogP contribution in [0, 0.1) is 12.7 Å². The second kappa shape index (κ2) is 9.37. The van der Waals surface area contributed by atoms with Crippen LogP contribution in [0.5, 0.6) is 0 Å². The number of ether oxygens (including phenoxy) is 1. The summed E-state index contributed by atoms with van der Waals surface area (Å²) in [6.07, 6.45) is 3.95. The average Bonchev–Trinajstić information content (AvgIpc) is 3.56. The number of halogens is 1. The largest absolute Gasteiger partial charge is 0.376 e. The fraction of sp³-hybridized carbons (Fsp3) is 0.458. The smallest absolute Gasteiger partial charge is 0.243 e. The Balaban J connectivity index is 1.49. The molecule has 2 aliphatic heterocycles. The van der Waals surface area contributed by atoms with E-state index in [1.165, 1.54) is 6.07 Å². The van der Waals surface area contributed by atoms with Crippen LogP contribution >= 0.6 is 11.8 Å². The summed E-state index contributed by atoms with van der Waals surface area (Å²) >= 11 is 1.54. The molecule has 2 aromatic carbocycles. The Kier molecular flexibility index (Phi) is 6.48. The monoisotopic (exact) mass is 489 g/mol. The maximum Gasteiger partial charge on any atom is 0.243 e. The fourth-order valence-corrected chi connectivity index (χ4v) is 7.17. The number of aryl methyl sites for hydroxylation is 1. The number of benzene rings is 2. The van der Waals surface area contributed by atoms with Gasteiger partial charge in [-0.3, -0.25) is 0 Å². The molecule has 1 aromatic heterocycles. The molecule has 1 unspecified atom stereocenters. The molecule has 0 amide bonds. The molecule has 0 spiro atoms. The number of aromatic nitrogens is 2. The van der Waals surface area contributed by atoms with Crippen LogP contribution in [0.1, 0.15) is 36.8 Å². The maximum atomic E-state index is 13.8. The van der Waals surface area contributed by atoms with Crippen molar-refractivity contribution in [1.82, 2.24) is 13.9 Å². The van der Waals surface area contributed by atoms with Crippen LogP contribution in [-0.2, 0) is 27.1 Å². The molecule has 33 heavy (non-hydrogen) atoms. The molecule has 3 aromatic rings. The highest BCUT2D eigenvalue weighted by Gasteiger charge is 2.28. The van der Waals surface area contributed by atoms with E-state index in [9.17, 15) is 12.8 Å². The van der Waals surface area contributed by atoms with Gasteiger partial charge < -0.3 is 9.30 Å². The molecule has 0 saturated carbocycles. The van der Waals surface area contributed by atoms with Gasteiger partial charge in [0.2, 0.25) is 10.0 Å². The fourth-order valence-electron chi connectivity index (χ4n) is 4.54. The Labute approximate surface area is 198 Å². The predicted octanol–water partition coefficient (Wildman–Crippen LogP) is 4.74. The highest BCUT2D eigenvalue weighted by molar-refractivity contribution is 7.98. The van der Waals surface area contributed by atoms with Gasteiger partial charge >= 0.3 is 0 Å². The van der Waals surface area contributed by atoms with E-state index in [-0.39, 0.29) is 16.8 Å². The van der Waals surface area contributed by atoms with Gasteiger partial charge in [0.1, 0.15) is 5.82 Å². The van der Waals surface area contributed by atoms with E-state index in [0.29, 0.717) is 30.9 Å². The molecule has 2 aliphatic rings. The SMILES string of the molecule is Cc1ccc(F)cc1CSc1nc2cc(S(=O)(=O)N3CCCC3)ccc2n1CC1CCCO1. The molecule has 2 saturated heterocycles. The molecule has 0 N–H and O–H groups in total. The molecule has 3 heterocycles. The van der Waals surface area contributed by atoms with Crippen molar-refractivity contribution in [1.29, 1.82) is 0 Å². The molecule has 1 atom stereocenters. The molecule has 9 heteroatoms. The number of hydrogen-bond donors (Lipinski definition) is 0. The van der Waals surface area contributed by atoms with E-state index in [0.717, 1.165) is 54.1 Å². The van der Waals surface area contributed by atoms with Gasteiger partial charge in [-0.05, 0) is 74.1 Å². The zero-order valence-corrected chi connectivity index (χ0v) is 20.3. The molecule has 6 nitrogen and oxygen atoms in total. The van der Waals surface area contributed by atoms with Crippen LogP contribution < -0.4 is 0 Å². The highest BCUT2D eigenvalue weighted by Crippen LogP contribution is 2.31. The molecule has 176 valence electrons. The first-order valence-corrected chi connectivity index (χ1v) is 13.8. The first-order chi connectivity index (χ1) is 15.9. The van der Waals surface area contributed by atoms with Gasteiger partial charge in [0.05, 0.1) is 28.6 Å². The molecular formula is C24H28FN3O3S2. The highest BCUT2D eigenvalue weighted by atomic mass is 32.2. The molecule has 0 bridgehead atoms. The quantitative estimate of drug-likeness (QED) is 0.449. The van der Waals surface area contributed by atoms with E-state index in [4.69, 9.17) is 9.72 Å². The Morgan fingerprint density at radius 3 is 2.73 bits per heavy atom.